The van der Waals surface area contributed by atoms with Gasteiger partial charge in [0, 0.05) is 18.8 Å². The second-order valence-corrected chi connectivity index (χ2v) is 4.34. The van der Waals surface area contributed by atoms with Crippen molar-refractivity contribution >= 4 is 5.78 Å². The van der Waals surface area contributed by atoms with Gasteiger partial charge in [-0.2, -0.15) is 5.10 Å². The van der Waals surface area contributed by atoms with Gasteiger partial charge in [0.1, 0.15) is 5.69 Å². The maximum atomic E-state index is 12.4. The lowest BCUT2D eigenvalue weighted by molar-refractivity contribution is 0.0881. The molecular formula is C12H19N3O2. The summed E-state index contributed by atoms with van der Waals surface area (Å²) in [5.74, 6) is 0.0418. The molecule has 1 aromatic heterocycles. The molecule has 0 spiro atoms. The normalized spacial score (nSPS) is 24.1. The number of ether oxygens (including phenoxy) is 1. The van der Waals surface area contributed by atoms with E-state index in [0.29, 0.717) is 18.9 Å². The van der Waals surface area contributed by atoms with Crippen molar-refractivity contribution in [3.63, 3.8) is 0 Å². The minimum atomic E-state index is -0.0905. The van der Waals surface area contributed by atoms with Gasteiger partial charge in [0.15, 0.2) is 5.78 Å². The number of ketones is 1. The van der Waals surface area contributed by atoms with Crippen LogP contribution in [0.1, 0.15) is 23.8 Å². The lowest BCUT2D eigenvalue weighted by Crippen LogP contribution is -2.37. The Bertz CT molecular complexity index is 389. The van der Waals surface area contributed by atoms with E-state index in [0.717, 1.165) is 13.0 Å². The lowest BCUT2D eigenvalue weighted by Gasteiger charge is -2.16. The van der Waals surface area contributed by atoms with Crippen LogP contribution in [0.4, 0.5) is 0 Å². The number of carbonyl (C=O) groups is 1. The van der Waals surface area contributed by atoms with E-state index in [-0.39, 0.29) is 17.7 Å². The third kappa shape index (κ3) is 2.40. The van der Waals surface area contributed by atoms with Gasteiger partial charge in [0.2, 0.25) is 0 Å². The zero-order valence-electron chi connectivity index (χ0n) is 10.3. The molecule has 2 rings (SSSR count). The highest BCUT2D eigenvalue weighted by atomic mass is 16.5. The number of hydrogen-bond acceptors (Lipinski definition) is 4. The van der Waals surface area contributed by atoms with Crippen molar-refractivity contribution in [2.45, 2.75) is 25.9 Å². The molecule has 17 heavy (non-hydrogen) atoms. The van der Waals surface area contributed by atoms with Gasteiger partial charge < -0.3 is 10.1 Å². The average molecular weight is 237 g/mol. The van der Waals surface area contributed by atoms with Gasteiger partial charge in [-0.15, -0.1) is 0 Å². The minimum Gasteiger partial charge on any atom is -0.379 e. The van der Waals surface area contributed by atoms with Gasteiger partial charge >= 0.3 is 0 Å². The van der Waals surface area contributed by atoms with Crippen LogP contribution in [0.15, 0.2) is 12.3 Å². The third-order valence-corrected chi connectivity index (χ3v) is 3.19. The number of nitrogens with zero attached hydrogens (tertiary/aromatic N) is 2. The maximum Gasteiger partial charge on any atom is 0.187 e. The highest BCUT2D eigenvalue weighted by Gasteiger charge is 2.34. The van der Waals surface area contributed by atoms with Gasteiger partial charge in [-0.25, -0.2) is 0 Å². The molecule has 0 aromatic carbocycles. The summed E-state index contributed by atoms with van der Waals surface area (Å²) in [6.07, 6.45) is 2.66. The molecule has 1 aliphatic heterocycles. The van der Waals surface area contributed by atoms with E-state index in [4.69, 9.17) is 4.74 Å². The second-order valence-electron chi connectivity index (χ2n) is 4.34. The van der Waals surface area contributed by atoms with Crippen LogP contribution < -0.4 is 5.32 Å². The van der Waals surface area contributed by atoms with E-state index in [1.165, 1.54) is 0 Å². The second kappa shape index (κ2) is 5.42. The van der Waals surface area contributed by atoms with Gasteiger partial charge in [0.05, 0.1) is 19.1 Å². The van der Waals surface area contributed by atoms with E-state index in [9.17, 15) is 4.79 Å². The van der Waals surface area contributed by atoms with Crippen LogP contribution in [0.5, 0.6) is 0 Å². The summed E-state index contributed by atoms with van der Waals surface area (Å²) in [5.41, 5.74) is 0.697. The van der Waals surface area contributed by atoms with Crippen LogP contribution in [-0.4, -0.2) is 41.9 Å². The molecule has 94 valence electrons. The van der Waals surface area contributed by atoms with Gasteiger partial charge in [0.25, 0.3) is 0 Å². The van der Waals surface area contributed by atoms with E-state index < -0.39 is 0 Å². The molecule has 0 bridgehead atoms. The Morgan fingerprint density at radius 2 is 2.47 bits per heavy atom. The third-order valence-electron chi connectivity index (χ3n) is 3.19. The maximum absolute atomic E-state index is 12.4. The first-order chi connectivity index (χ1) is 8.27. The molecule has 0 amide bonds. The molecule has 2 atom stereocenters. The van der Waals surface area contributed by atoms with Crippen molar-refractivity contribution in [3.8, 4) is 0 Å². The summed E-state index contributed by atoms with van der Waals surface area (Å²) in [7, 11) is 1.86. The molecule has 5 heteroatoms. The fraction of sp³-hybridized carbons (Fsp3) is 0.667. The number of nitrogens with one attached hydrogen (secondary N) is 1. The molecule has 5 nitrogen and oxygen atoms in total. The smallest absolute Gasteiger partial charge is 0.187 e. The summed E-state index contributed by atoms with van der Waals surface area (Å²) in [6.45, 7) is 3.97. The van der Waals surface area contributed by atoms with Crippen LogP contribution >= 0.6 is 0 Å². The molecule has 1 saturated heterocycles. The Balaban J connectivity index is 2.15. The van der Waals surface area contributed by atoms with Crippen molar-refractivity contribution in [3.05, 3.63) is 18.0 Å². The van der Waals surface area contributed by atoms with Crippen molar-refractivity contribution in [2.75, 3.05) is 20.3 Å². The van der Waals surface area contributed by atoms with Crippen molar-refractivity contribution in [1.29, 1.82) is 0 Å². The topological polar surface area (TPSA) is 56.2 Å². The fourth-order valence-electron chi connectivity index (χ4n) is 2.22. The predicted molar refractivity (Wildman–Crippen MR) is 64.0 cm³/mol. The van der Waals surface area contributed by atoms with Crippen molar-refractivity contribution < 1.29 is 9.53 Å². The SMILES string of the molecule is CCCn1nccc1C(=O)C1COCC1NC. The van der Waals surface area contributed by atoms with Crippen LogP contribution in [-0.2, 0) is 11.3 Å². The number of carbonyl (C=O) groups excluding carboxylic acids is 1. The largest absolute Gasteiger partial charge is 0.379 e. The first-order valence-electron chi connectivity index (χ1n) is 6.09. The van der Waals surface area contributed by atoms with Crippen LogP contribution in [0, 0.1) is 5.92 Å². The predicted octanol–water partition coefficient (Wildman–Crippen LogP) is 0.710. The Labute approximate surface area is 101 Å². The summed E-state index contributed by atoms with van der Waals surface area (Å²) in [5, 5.41) is 7.32. The van der Waals surface area contributed by atoms with E-state index >= 15 is 0 Å². The number of rotatable bonds is 5. The molecule has 1 aromatic rings. The van der Waals surface area contributed by atoms with Crippen LogP contribution in [0.2, 0.25) is 0 Å². The minimum absolute atomic E-state index is 0.0905. The molecule has 1 N–H and O–H groups in total. The Morgan fingerprint density at radius 1 is 1.65 bits per heavy atom. The van der Waals surface area contributed by atoms with E-state index in [2.05, 4.69) is 17.3 Å². The van der Waals surface area contributed by atoms with Crippen molar-refractivity contribution in [1.82, 2.24) is 15.1 Å². The molecule has 1 aliphatic rings. The standard InChI is InChI=1S/C12H19N3O2/c1-3-6-15-11(4-5-14-15)12(16)9-7-17-8-10(9)13-2/h4-5,9-10,13H,3,6-8H2,1-2H3. The molecule has 2 unspecified atom stereocenters. The zero-order valence-corrected chi connectivity index (χ0v) is 10.3. The van der Waals surface area contributed by atoms with E-state index in [1.807, 2.05) is 7.05 Å². The molecule has 0 saturated carbocycles. The van der Waals surface area contributed by atoms with Crippen LogP contribution in [0.3, 0.4) is 0 Å². The molecule has 0 radical (unpaired) electrons. The first kappa shape index (κ1) is 12.3. The molecule has 1 fully saturated rings. The highest BCUT2D eigenvalue weighted by Crippen LogP contribution is 2.19. The molecular weight excluding hydrogens is 218 g/mol. The number of Topliss-reactive ketones (excluding diaryl/α,β-unsaturated/α-hetero) is 1. The number of aromatic nitrogens is 2. The summed E-state index contributed by atoms with van der Waals surface area (Å²) in [6, 6.07) is 1.91. The van der Waals surface area contributed by atoms with E-state index in [1.54, 1.807) is 16.9 Å². The quantitative estimate of drug-likeness (QED) is 0.766. The average Bonchev–Trinajstić information content (AvgIpc) is 2.96. The van der Waals surface area contributed by atoms with Gasteiger partial charge in [-0.1, -0.05) is 6.92 Å². The van der Waals surface area contributed by atoms with Gasteiger partial charge in [-0.3, -0.25) is 9.48 Å². The molecule has 2 heterocycles. The summed E-state index contributed by atoms with van der Waals surface area (Å²) in [4.78, 5) is 12.4. The van der Waals surface area contributed by atoms with Crippen molar-refractivity contribution in [2.24, 2.45) is 5.92 Å². The zero-order chi connectivity index (χ0) is 12.3. The number of likely N-dealkylation sites (N-methyl/N-ethyl adjacent to an activating group) is 1. The summed E-state index contributed by atoms with van der Waals surface area (Å²) >= 11 is 0. The summed E-state index contributed by atoms with van der Waals surface area (Å²) < 4.78 is 7.15. The fourth-order valence-corrected chi connectivity index (χ4v) is 2.22. The monoisotopic (exact) mass is 237 g/mol. The Hall–Kier alpha value is -1.20. The number of aryl methyl sites for hydroxylation is 1. The highest BCUT2D eigenvalue weighted by molar-refractivity contribution is 5.97. The number of hydrogen-bond donors (Lipinski definition) is 1. The Morgan fingerprint density at radius 3 is 3.18 bits per heavy atom. The van der Waals surface area contributed by atoms with Crippen LogP contribution in [0.25, 0.3) is 0 Å². The Kier molecular flexibility index (Phi) is 3.91. The lowest BCUT2D eigenvalue weighted by atomic mass is 9.96. The van der Waals surface area contributed by atoms with Gasteiger partial charge in [-0.05, 0) is 19.5 Å². The first-order valence-corrected chi connectivity index (χ1v) is 6.09. The molecule has 0 aliphatic carbocycles.